The first-order valence-electron chi connectivity index (χ1n) is 6.77. The molecular formula is C17H26N2. The zero-order chi connectivity index (χ0) is 14.9. The molecule has 0 saturated carbocycles. The van der Waals surface area contributed by atoms with Crippen molar-refractivity contribution in [2.75, 3.05) is 0 Å². The molecule has 0 aliphatic carbocycles. The Balaban J connectivity index is 3.17. The molecule has 1 aromatic rings. The molecule has 2 nitrogen and oxygen atoms in total. The van der Waals surface area contributed by atoms with Gasteiger partial charge in [-0.15, -0.1) is 0 Å². The van der Waals surface area contributed by atoms with Crippen LogP contribution in [0, 0.1) is 10.8 Å². The van der Waals surface area contributed by atoms with Gasteiger partial charge < -0.3 is 0 Å². The number of nitrogens with one attached hydrogen (secondary N) is 1. The van der Waals surface area contributed by atoms with Crippen LogP contribution in [0.15, 0.2) is 29.3 Å². The van der Waals surface area contributed by atoms with Crippen LogP contribution in [0.2, 0.25) is 0 Å². The molecular weight excluding hydrogens is 232 g/mol. The molecule has 104 valence electrons. The third-order valence-electron chi connectivity index (χ3n) is 4.52. The van der Waals surface area contributed by atoms with E-state index in [0.717, 1.165) is 5.56 Å². The molecule has 0 bridgehead atoms. The Bertz CT molecular complexity index is 481. The fraction of sp³-hybridized carbons (Fsp3) is 0.588. The Morgan fingerprint density at radius 2 is 1.26 bits per heavy atom. The first-order valence-corrected chi connectivity index (χ1v) is 6.77. The van der Waals surface area contributed by atoms with Crippen LogP contribution in [0.3, 0.4) is 0 Å². The van der Waals surface area contributed by atoms with Gasteiger partial charge in [0.1, 0.15) is 0 Å². The Hall–Kier alpha value is -1.40. The third kappa shape index (κ3) is 3.13. The molecule has 0 amide bonds. The van der Waals surface area contributed by atoms with Gasteiger partial charge in [-0.05, 0) is 35.8 Å². The molecule has 0 fully saturated rings. The molecule has 1 aromatic carbocycles. The summed E-state index contributed by atoms with van der Waals surface area (Å²) >= 11 is 0. The summed E-state index contributed by atoms with van der Waals surface area (Å²) in [5.74, 6) is 0. The molecule has 1 N–H and O–H groups in total. The summed E-state index contributed by atoms with van der Waals surface area (Å²) in [5, 5.41) is 7.01. The molecule has 0 radical (unpaired) electrons. The zero-order valence-corrected chi connectivity index (χ0v) is 13.3. The van der Waals surface area contributed by atoms with Gasteiger partial charge >= 0.3 is 0 Å². The van der Waals surface area contributed by atoms with E-state index in [1.165, 1.54) is 5.56 Å². The standard InChI is InChI=1S/C17H26N2/c1-15(2,3)16(4,5)13-8-10-14(11-9-13)17(6,7)19-12-18/h8-11,18H,1-7H3. The highest BCUT2D eigenvalue weighted by Crippen LogP contribution is 2.41. The van der Waals surface area contributed by atoms with Gasteiger partial charge in [0.05, 0.1) is 11.5 Å². The molecule has 0 heterocycles. The lowest BCUT2D eigenvalue weighted by Crippen LogP contribution is -2.34. The smallest absolute Gasteiger partial charge is 0.0909 e. The molecule has 0 aliphatic rings. The van der Waals surface area contributed by atoms with Gasteiger partial charge in [0.2, 0.25) is 0 Å². The van der Waals surface area contributed by atoms with E-state index < -0.39 is 0 Å². The van der Waals surface area contributed by atoms with E-state index >= 15 is 0 Å². The summed E-state index contributed by atoms with van der Waals surface area (Å²) in [7, 11) is 0. The number of aliphatic imine (C=N–C) groups is 1. The number of hydrogen-bond donors (Lipinski definition) is 1. The lowest BCUT2D eigenvalue weighted by Gasteiger charge is -2.39. The summed E-state index contributed by atoms with van der Waals surface area (Å²) < 4.78 is 0. The monoisotopic (exact) mass is 258 g/mol. The minimum Gasteiger partial charge on any atom is -0.242 e. The number of benzene rings is 1. The lowest BCUT2D eigenvalue weighted by molar-refractivity contribution is 0.225. The number of nitrogens with zero attached hydrogens (tertiary/aromatic N) is 1. The second-order valence-electron chi connectivity index (χ2n) is 7.23. The summed E-state index contributed by atoms with van der Waals surface area (Å²) in [6.45, 7) is 15.4. The average molecular weight is 258 g/mol. The van der Waals surface area contributed by atoms with E-state index in [1.807, 2.05) is 13.8 Å². The van der Waals surface area contributed by atoms with Crippen LogP contribution < -0.4 is 0 Å². The quantitative estimate of drug-likeness (QED) is 0.741. The van der Waals surface area contributed by atoms with Crippen molar-refractivity contribution in [3.63, 3.8) is 0 Å². The van der Waals surface area contributed by atoms with Crippen LogP contribution >= 0.6 is 0 Å². The molecule has 2 heteroatoms. The van der Waals surface area contributed by atoms with Crippen LogP contribution in [-0.2, 0) is 11.0 Å². The normalized spacial score (nSPS) is 13.0. The van der Waals surface area contributed by atoms with Crippen LogP contribution in [0.25, 0.3) is 0 Å². The Labute approximate surface area is 117 Å². The molecule has 1 rings (SSSR count). The topological polar surface area (TPSA) is 36.2 Å². The van der Waals surface area contributed by atoms with Crippen molar-refractivity contribution in [3.8, 4) is 0 Å². The molecule has 0 aliphatic heterocycles. The predicted octanol–water partition coefficient (Wildman–Crippen LogP) is 5.00. The summed E-state index contributed by atoms with van der Waals surface area (Å²) in [5.41, 5.74) is 2.38. The van der Waals surface area contributed by atoms with Crippen molar-refractivity contribution < 1.29 is 0 Å². The highest BCUT2D eigenvalue weighted by atomic mass is 14.8. The third-order valence-corrected chi connectivity index (χ3v) is 4.52. The lowest BCUT2D eigenvalue weighted by atomic mass is 9.65. The second kappa shape index (κ2) is 4.94. The molecule has 0 aromatic heterocycles. The van der Waals surface area contributed by atoms with Crippen LogP contribution in [0.4, 0.5) is 0 Å². The van der Waals surface area contributed by atoms with E-state index in [1.54, 1.807) is 0 Å². The fourth-order valence-corrected chi connectivity index (χ4v) is 1.93. The maximum Gasteiger partial charge on any atom is 0.0909 e. The summed E-state index contributed by atoms with van der Waals surface area (Å²) in [4.78, 5) is 4.08. The highest BCUT2D eigenvalue weighted by Gasteiger charge is 2.34. The fourth-order valence-electron chi connectivity index (χ4n) is 1.93. The largest absolute Gasteiger partial charge is 0.242 e. The molecule has 19 heavy (non-hydrogen) atoms. The van der Waals surface area contributed by atoms with E-state index in [0.29, 0.717) is 0 Å². The summed E-state index contributed by atoms with van der Waals surface area (Å²) in [6.07, 6.45) is 0. The van der Waals surface area contributed by atoms with Gasteiger partial charge in [0.15, 0.2) is 0 Å². The van der Waals surface area contributed by atoms with E-state index in [-0.39, 0.29) is 16.4 Å². The summed E-state index contributed by atoms with van der Waals surface area (Å²) in [6, 6.07) is 10.7. The molecule has 0 spiro atoms. The van der Waals surface area contributed by atoms with Gasteiger partial charge in [-0.2, -0.15) is 0 Å². The van der Waals surface area contributed by atoms with Gasteiger partial charge in [0.25, 0.3) is 0 Å². The number of hydrogen-bond acceptors (Lipinski definition) is 2. The second-order valence-corrected chi connectivity index (χ2v) is 7.23. The Morgan fingerprint density at radius 3 is 1.63 bits per heavy atom. The maximum atomic E-state index is 7.01. The van der Waals surface area contributed by atoms with E-state index in [4.69, 9.17) is 5.41 Å². The zero-order valence-electron chi connectivity index (χ0n) is 13.3. The molecule has 0 unspecified atom stereocenters. The van der Waals surface area contributed by atoms with Crippen LogP contribution in [-0.4, -0.2) is 6.01 Å². The maximum absolute atomic E-state index is 7.01. The van der Waals surface area contributed by atoms with Crippen LogP contribution in [0.1, 0.15) is 59.6 Å². The minimum absolute atomic E-state index is 0.112. The average Bonchev–Trinajstić information content (AvgIpc) is 2.27. The van der Waals surface area contributed by atoms with E-state index in [9.17, 15) is 0 Å². The highest BCUT2D eigenvalue weighted by molar-refractivity contribution is 5.40. The van der Waals surface area contributed by atoms with Crippen molar-refractivity contribution in [1.29, 1.82) is 5.41 Å². The van der Waals surface area contributed by atoms with Gasteiger partial charge in [-0.3, -0.25) is 0 Å². The van der Waals surface area contributed by atoms with Crippen molar-refractivity contribution in [1.82, 2.24) is 0 Å². The van der Waals surface area contributed by atoms with Crippen LogP contribution in [0.5, 0.6) is 0 Å². The van der Waals surface area contributed by atoms with Gasteiger partial charge in [0, 0.05) is 0 Å². The first-order chi connectivity index (χ1) is 8.52. The Morgan fingerprint density at radius 1 is 0.842 bits per heavy atom. The van der Waals surface area contributed by atoms with E-state index in [2.05, 4.69) is 69.9 Å². The van der Waals surface area contributed by atoms with Crippen molar-refractivity contribution in [3.05, 3.63) is 35.4 Å². The molecule has 0 saturated heterocycles. The van der Waals surface area contributed by atoms with Gasteiger partial charge in [-0.25, -0.2) is 10.4 Å². The number of rotatable bonds is 3. The first kappa shape index (κ1) is 15.7. The van der Waals surface area contributed by atoms with Crippen molar-refractivity contribution in [2.24, 2.45) is 10.4 Å². The minimum atomic E-state index is -0.383. The SMILES string of the molecule is CC(C)(N=C=N)c1ccc(C(C)(C)C(C)(C)C)cc1. The van der Waals surface area contributed by atoms with Crippen molar-refractivity contribution >= 4 is 6.01 Å². The Kier molecular flexibility index (Phi) is 4.07. The molecule has 0 atom stereocenters. The van der Waals surface area contributed by atoms with Gasteiger partial charge in [-0.1, -0.05) is 58.9 Å². The van der Waals surface area contributed by atoms with Crippen molar-refractivity contribution in [2.45, 2.75) is 59.4 Å². The predicted molar refractivity (Wildman–Crippen MR) is 82.1 cm³/mol.